The number of hydrogen-bond donors (Lipinski definition) is 0. The third-order valence-corrected chi connectivity index (χ3v) is 2.37. The van der Waals surface area contributed by atoms with Gasteiger partial charge in [-0.25, -0.2) is 0 Å². The van der Waals surface area contributed by atoms with Gasteiger partial charge in [-0.15, -0.1) is 0 Å². The zero-order chi connectivity index (χ0) is 13.1. The summed E-state index contributed by atoms with van der Waals surface area (Å²) in [4.78, 5) is 28.2. The topological polar surface area (TPSA) is 58.9 Å². The molecule has 17 heavy (non-hydrogen) atoms. The average molecular weight is 238 g/mol. The first-order valence-corrected chi connectivity index (χ1v) is 5.87. The second kappa shape index (κ2) is 8.79. The number of nitrogens with zero attached hydrogens (tertiary/aromatic N) is 2. The molecule has 0 saturated heterocycles. The van der Waals surface area contributed by atoms with Crippen LogP contribution in [0.4, 0.5) is 0 Å². The van der Waals surface area contributed by atoms with E-state index >= 15 is 0 Å². The van der Waals surface area contributed by atoms with Crippen LogP contribution in [-0.4, -0.2) is 38.1 Å². The maximum Gasteiger partial charge on any atom is 0.141 e. The van der Waals surface area contributed by atoms with E-state index in [1.54, 1.807) is 0 Å². The molecule has 0 fully saturated rings. The van der Waals surface area contributed by atoms with Crippen LogP contribution in [0, 0.1) is 11.3 Å². The lowest BCUT2D eigenvalue weighted by Crippen LogP contribution is -2.17. The maximum atomic E-state index is 10.1. The summed E-state index contributed by atoms with van der Waals surface area (Å²) >= 11 is 0. The molecular weight excluding hydrogens is 216 g/mol. The highest BCUT2D eigenvalue weighted by atomic mass is 16.1. The van der Waals surface area contributed by atoms with Crippen LogP contribution in [0.15, 0.2) is 9.98 Å². The quantitative estimate of drug-likeness (QED) is 0.455. The molecule has 4 nitrogen and oxygen atoms in total. The van der Waals surface area contributed by atoms with Gasteiger partial charge in [-0.2, -0.15) is 0 Å². The molecule has 0 aliphatic rings. The van der Waals surface area contributed by atoms with Crippen LogP contribution in [0.5, 0.6) is 0 Å². The van der Waals surface area contributed by atoms with Gasteiger partial charge in [-0.3, -0.25) is 9.98 Å². The Hall–Kier alpha value is -1.32. The molecule has 0 aliphatic carbocycles. The Bertz CT molecular complexity index is 283. The highest BCUT2D eigenvalue weighted by molar-refractivity contribution is 5.65. The summed E-state index contributed by atoms with van der Waals surface area (Å²) in [7, 11) is 0. The van der Waals surface area contributed by atoms with Crippen molar-refractivity contribution in [3.05, 3.63) is 0 Å². The zero-order valence-corrected chi connectivity index (χ0v) is 10.9. The van der Waals surface area contributed by atoms with E-state index in [1.807, 2.05) is 12.4 Å². The molecule has 0 N–H and O–H groups in total. The molecule has 0 spiro atoms. The van der Waals surface area contributed by atoms with Gasteiger partial charge in [0.25, 0.3) is 0 Å². The van der Waals surface area contributed by atoms with Gasteiger partial charge in [0.2, 0.25) is 0 Å². The molecule has 0 aromatic carbocycles. The molecule has 1 unspecified atom stereocenters. The normalized spacial score (nSPS) is 14.3. The van der Waals surface area contributed by atoms with Crippen LogP contribution in [0.3, 0.4) is 0 Å². The summed E-state index contributed by atoms with van der Waals surface area (Å²) in [6.45, 7) is 6.88. The van der Waals surface area contributed by atoms with Crippen LogP contribution in [0.25, 0.3) is 0 Å². The van der Waals surface area contributed by atoms with E-state index in [2.05, 4.69) is 30.8 Å². The number of aldehydes is 2. The first-order chi connectivity index (χ1) is 8.02. The smallest absolute Gasteiger partial charge is 0.141 e. The van der Waals surface area contributed by atoms with Gasteiger partial charge in [-0.05, 0) is 30.4 Å². The number of aliphatic imine (C=N–C) groups is 2. The van der Waals surface area contributed by atoms with Crippen LogP contribution in [0.1, 0.15) is 33.6 Å². The van der Waals surface area contributed by atoms with E-state index in [4.69, 9.17) is 0 Å². The van der Waals surface area contributed by atoms with E-state index in [0.717, 1.165) is 25.4 Å². The largest absolute Gasteiger partial charge is 0.301 e. The van der Waals surface area contributed by atoms with Crippen LogP contribution < -0.4 is 0 Å². The summed E-state index contributed by atoms with van der Waals surface area (Å²) in [5.41, 5.74) is 0.124. The highest BCUT2D eigenvalue weighted by Gasteiger charge is 2.19. The fourth-order valence-corrected chi connectivity index (χ4v) is 1.72. The minimum atomic E-state index is 0.124. The van der Waals surface area contributed by atoms with Crippen molar-refractivity contribution >= 4 is 25.0 Å². The van der Waals surface area contributed by atoms with Gasteiger partial charge in [0.1, 0.15) is 12.6 Å². The van der Waals surface area contributed by atoms with Gasteiger partial charge < -0.3 is 9.59 Å². The molecule has 4 heteroatoms. The van der Waals surface area contributed by atoms with Crippen molar-refractivity contribution in [3.8, 4) is 0 Å². The van der Waals surface area contributed by atoms with E-state index in [1.165, 1.54) is 0 Å². The lowest BCUT2D eigenvalue weighted by atomic mass is 9.81. The fraction of sp³-hybridized carbons (Fsp3) is 0.692. The maximum absolute atomic E-state index is 10.1. The Kier molecular flexibility index (Phi) is 8.11. The predicted molar refractivity (Wildman–Crippen MR) is 71.0 cm³/mol. The molecule has 96 valence electrons. The molecular formula is C13H22N2O2. The monoisotopic (exact) mass is 238 g/mol. The predicted octanol–water partition coefficient (Wildman–Crippen LogP) is 1.97. The number of rotatable bonds is 9. The Labute approximate surface area is 103 Å². The molecule has 0 aliphatic heterocycles. The van der Waals surface area contributed by atoms with Crippen LogP contribution in [-0.2, 0) is 9.59 Å². The summed E-state index contributed by atoms with van der Waals surface area (Å²) in [6, 6.07) is 0. The molecule has 0 rings (SSSR count). The second-order valence-corrected chi connectivity index (χ2v) is 4.95. The van der Waals surface area contributed by atoms with Crippen molar-refractivity contribution in [1.29, 1.82) is 0 Å². The van der Waals surface area contributed by atoms with Crippen molar-refractivity contribution in [3.63, 3.8) is 0 Å². The lowest BCUT2D eigenvalue weighted by molar-refractivity contribution is -0.107. The van der Waals surface area contributed by atoms with Crippen LogP contribution >= 0.6 is 0 Å². The molecule has 1 atom stereocenters. The molecule has 0 amide bonds. The minimum absolute atomic E-state index is 0.124. The summed E-state index contributed by atoms with van der Waals surface area (Å²) < 4.78 is 0. The Morgan fingerprint density at radius 3 is 2.29 bits per heavy atom. The Balaban J connectivity index is 4.05. The zero-order valence-electron chi connectivity index (χ0n) is 10.9. The van der Waals surface area contributed by atoms with E-state index in [0.29, 0.717) is 5.92 Å². The number of carbonyl (C=O) groups is 2. The molecule has 0 heterocycles. The van der Waals surface area contributed by atoms with Gasteiger partial charge in [0.05, 0.1) is 13.1 Å². The lowest BCUT2D eigenvalue weighted by Gasteiger charge is -2.24. The Morgan fingerprint density at radius 2 is 1.71 bits per heavy atom. The standard InChI is InChI=1S/C13H22N2O2/c1-12(11-15-7-9-17)10-13(2,3)4-5-14-6-8-16/h5,8-9,11-12H,4,6-7,10H2,1-3H3. The summed E-state index contributed by atoms with van der Waals surface area (Å²) in [5.74, 6) is 0.337. The Morgan fingerprint density at radius 1 is 1.12 bits per heavy atom. The summed E-state index contributed by atoms with van der Waals surface area (Å²) in [5, 5.41) is 0. The fourth-order valence-electron chi connectivity index (χ4n) is 1.72. The van der Waals surface area contributed by atoms with Gasteiger partial charge in [0.15, 0.2) is 0 Å². The van der Waals surface area contributed by atoms with Gasteiger partial charge in [0, 0.05) is 6.21 Å². The molecule has 0 bridgehead atoms. The van der Waals surface area contributed by atoms with Gasteiger partial charge in [-0.1, -0.05) is 20.8 Å². The highest BCUT2D eigenvalue weighted by Crippen LogP contribution is 2.27. The first kappa shape index (κ1) is 15.7. The third-order valence-electron chi connectivity index (χ3n) is 2.37. The molecule has 0 radical (unpaired) electrons. The number of hydrogen-bond acceptors (Lipinski definition) is 4. The second-order valence-electron chi connectivity index (χ2n) is 4.95. The first-order valence-electron chi connectivity index (χ1n) is 5.87. The summed E-state index contributed by atoms with van der Waals surface area (Å²) in [6.07, 6.45) is 7.04. The minimum Gasteiger partial charge on any atom is -0.301 e. The number of carbonyl (C=O) groups excluding carboxylic acids is 2. The molecule has 0 aromatic heterocycles. The van der Waals surface area contributed by atoms with Crippen molar-refractivity contribution in [2.24, 2.45) is 21.3 Å². The van der Waals surface area contributed by atoms with Crippen molar-refractivity contribution in [2.75, 3.05) is 13.1 Å². The van der Waals surface area contributed by atoms with Crippen LogP contribution in [0.2, 0.25) is 0 Å². The van der Waals surface area contributed by atoms with Gasteiger partial charge >= 0.3 is 0 Å². The van der Waals surface area contributed by atoms with Crippen molar-refractivity contribution in [2.45, 2.75) is 33.6 Å². The third kappa shape index (κ3) is 9.60. The van der Waals surface area contributed by atoms with E-state index < -0.39 is 0 Å². The SMILES string of the molecule is CC(C=NCC=O)CC(C)(C)CC=NCC=O. The average Bonchev–Trinajstić information content (AvgIpc) is 2.24. The molecule has 0 aromatic rings. The van der Waals surface area contributed by atoms with E-state index in [9.17, 15) is 9.59 Å². The van der Waals surface area contributed by atoms with E-state index in [-0.39, 0.29) is 18.5 Å². The molecule has 0 saturated carbocycles. The van der Waals surface area contributed by atoms with Crippen molar-refractivity contribution in [1.82, 2.24) is 0 Å². The van der Waals surface area contributed by atoms with Crippen molar-refractivity contribution < 1.29 is 9.59 Å².